The first-order valence-electron chi connectivity index (χ1n) is 3.97. The Balaban J connectivity index is 3.02. The molecular weight excluding hydrogens is 186 g/mol. The molecule has 0 atom stereocenters. The maximum Gasteiger partial charge on any atom is 0.341 e. The summed E-state index contributed by atoms with van der Waals surface area (Å²) in [6, 6.07) is 1.50. The lowest BCUT2D eigenvalue weighted by Gasteiger charge is -2.08. The number of carbonyl (C=O) groups is 1. The van der Waals surface area contributed by atoms with E-state index in [0.29, 0.717) is 5.69 Å². The average Bonchev–Trinajstić information content (AvgIpc) is 2.14. The summed E-state index contributed by atoms with van der Waals surface area (Å²) in [5.41, 5.74) is 0.496. The minimum Gasteiger partial charge on any atom is -0.477 e. The Hall–Kier alpha value is -1.62. The number of hydrogen-bond acceptors (Lipinski definition) is 4. The van der Waals surface area contributed by atoms with Crippen molar-refractivity contribution in [1.29, 1.82) is 0 Å². The van der Waals surface area contributed by atoms with E-state index in [1.54, 1.807) is 6.92 Å². The predicted octanol–water partition coefficient (Wildman–Crippen LogP) is 1.07. The van der Waals surface area contributed by atoms with Crippen LogP contribution < -0.4 is 4.74 Å². The average molecular weight is 197 g/mol. The van der Waals surface area contributed by atoms with Crippen molar-refractivity contribution in [3.63, 3.8) is 0 Å². The summed E-state index contributed by atoms with van der Waals surface area (Å²) in [4.78, 5) is 14.7. The SMILES string of the molecule is COCOc1ccnc(C)c1C(=O)O. The fraction of sp³-hybridized carbons (Fsp3) is 0.333. The van der Waals surface area contributed by atoms with Crippen LogP contribution in [0.3, 0.4) is 0 Å². The highest BCUT2D eigenvalue weighted by Gasteiger charge is 2.14. The third-order valence-corrected chi connectivity index (χ3v) is 1.65. The second kappa shape index (κ2) is 4.57. The van der Waals surface area contributed by atoms with Crippen LogP contribution in [0.2, 0.25) is 0 Å². The van der Waals surface area contributed by atoms with Crippen molar-refractivity contribution >= 4 is 5.97 Å². The zero-order valence-electron chi connectivity index (χ0n) is 7.98. The lowest BCUT2D eigenvalue weighted by Crippen LogP contribution is -2.08. The van der Waals surface area contributed by atoms with E-state index in [9.17, 15) is 4.79 Å². The normalized spacial score (nSPS) is 9.86. The lowest BCUT2D eigenvalue weighted by molar-refractivity contribution is 0.0482. The molecule has 1 rings (SSSR count). The topological polar surface area (TPSA) is 68.7 Å². The van der Waals surface area contributed by atoms with Gasteiger partial charge in [0.15, 0.2) is 6.79 Å². The van der Waals surface area contributed by atoms with Gasteiger partial charge in [-0.3, -0.25) is 4.98 Å². The van der Waals surface area contributed by atoms with E-state index in [0.717, 1.165) is 0 Å². The zero-order valence-corrected chi connectivity index (χ0v) is 7.98. The van der Waals surface area contributed by atoms with Gasteiger partial charge in [0.1, 0.15) is 11.3 Å². The molecule has 14 heavy (non-hydrogen) atoms. The molecule has 0 saturated heterocycles. The van der Waals surface area contributed by atoms with Crippen LogP contribution in [0, 0.1) is 6.92 Å². The number of aromatic carboxylic acids is 1. The molecule has 5 nitrogen and oxygen atoms in total. The minimum atomic E-state index is -1.05. The van der Waals surface area contributed by atoms with Crippen LogP contribution in [0.25, 0.3) is 0 Å². The predicted molar refractivity (Wildman–Crippen MR) is 48.4 cm³/mol. The van der Waals surface area contributed by atoms with Gasteiger partial charge in [0, 0.05) is 13.3 Å². The van der Waals surface area contributed by atoms with Gasteiger partial charge in [-0.2, -0.15) is 0 Å². The monoisotopic (exact) mass is 197 g/mol. The molecule has 1 aromatic heterocycles. The second-order valence-corrected chi connectivity index (χ2v) is 2.63. The Kier molecular flexibility index (Phi) is 3.41. The van der Waals surface area contributed by atoms with Crippen molar-refractivity contribution < 1.29 is 19.4 Å². The van der Waals surface area contributed by atoms with Crippen LogP contribution in [0.1, 0.15) is 16.1 Å². The van der Waals surface area contributed by atoms with Gasteiger partial charge in [-0.25, -0.2) is 4.79 Å². The Morgan fingerprint density at radius 2 is 2.36 bits per heavy atom. The maximum atomic E-state index is 10.8. The van der Waals surface area contributed by atoms with Crippen molar-refractivity contribution in [1.82, 2.24) is 4.98 Å². The van der Waals surface area contributed by atoms with Gasteiger partial charge < -0.3 is 14.6 Å². The van der Waals surface area contributed by atoms with Crippen LogP contribution in [-0.4, -0.2) is 30.0 Å². The number of ether oxygens (including phenoxy) is 2. The number of carboxylic acid groups (broad SMARTS) is 1. The molecule has 0 bridgehead atoms. The van der Waals surface area contributed by atoms with E-state index in [4.69, 9.17) is 9.84 Å². The van der Waals surface area contributed by atoms with E-state index in [1.807, 2.05) is 0 Å². The summed E-state index contributed by atoms with van der Waals surface area (Å²) >= 11 is 0. The lowest BCUT2D eigenvalue weighted by atomic mass is 10.2. The summed E-state index contributed by atoms with van der Waals surface area (Å²) in [5, 5.41) is 8.89. The molecule has 0 radical (unpaired) electrons. The number of rotatable bonds is 4. The molecule has 0 fully saturated rings. The smallest absolute Gasteiger partial charge is 0.341 e. The van der Waals surface area contributed by atoms with Gasteiger partial charge in [0.05, 0.1) is 5.69 Å². The standard InChI is InChI=1S/C9H11NO4/c1-6-8(9(11)12)7(3-4-10-6)14-5-13-2/h3-4H,5H2,1-2H3,(H,11,12). The molecule has 0 aliphatic carbocycles. The molecule has 0 aliphatic heterocycles. The Bertz CT molecular complexity index is 338. The van der Waals surface area contributed by atoms with Gasteiger partial charge in [-0.05, 0) is 13.0 Å². The van der Waals surface area contributed by atoms with Gasteiger partial charge >= 0.3 is 5.97 Å². The highest BCUT2D eigenvalue weighted by molar-refractivity contribution is 5.91. The van der Waals surface area contributed by atoms with E-state index < -0.39 is 5.97 Å². The van der Waals surface area contributed by atoms with Gasteiger partial charge in [-0.15, -0.1) is 0 Å². The second-order valence-electron chi connectivity index (χ2n) is 2.63. The number of aryl methyl sites for hydroxylation is 1. The summed E-state index contributed by atoms with van der Waals surface area (Å²) in [5.74, 6) is -0.784. The summed E-state index contributed by atoms with van der Waals surface area (Å²) in [7, 11) is 1.47. The number of carboxylic acids is 1. The van der Waals surface area contributed by atoms with E-state index >= 15 is 0 Å². The van der Waals surface area contributed by atoms with Crippen molar-refractivity contribution in [2.24, 2.45) is 0 Å². The number of hydrogen-bond donors (Lipinski definition) is 1. The molecule has 0 amide bonds. The third-order valence-electron chi connectivity index (χ3n) is 1.65. The van der Waals surface area contributed by atoms with Crippen molar-refractivity contribution in [2.75, 3.05) is 13.9 Å². The van der Waals surface area contributed by atoms with Crippen molar-refractivity contribution in [3.05, 3.63) is 23.5 Å². The van der Waals surface area contributed by atoms with Crippen LogP contribution in [0.5, 0.6) is 5.75 Å². The molecule has 5 heteroatoms. The fourth-order valence-electron chi connectivity index (χ4n) is 1.05. The largest absolute Gasteiger partial charge is 0.477 e. The van der Waals surface area contributed by atoms with Crippen molar-refractivity contribution in [2.45, 2.75) is 6.92 Å². The summed E-state index contributed by atoms with van der Waals surface area (Å²) in [6.07, 6.45) is 1.49. The Labute approximate surface area is 81.3 Å². The highest BCUT2D eigenvalue weighted by atomic mass is 16.7. The minimum absolute atomic E-state index is 0.0176. The first kappa shape index (κ1) is 10.5. The maximum absolute atomic E-state index is 10.8. The van der Waals surface area contributed by atoms with Crippen molar-refractivity contribution in [3.8, 4) is 5.75 Å². The number of methoxy groups -OCH3 is 1. The molecule has 0 spiro atoms. The summed E-state index contributed by atoms with van der Waals surface area (Å²) < 4.78 is 9.77. The summed E-state index contributed by atoms with van der Waals surface area (Å²) in [6.45, 7) is 1.63. The van der Waals surface area contributed by atoms with Crippen LogP contribution in [-0.2, 0) is 4.74 Å². The first-order valence-corrected chi connectivity index (χ1v) is 3.97. The highest BCUT2D eigenvalue weighted by Crippen LogP contribution is 2.19. The molecule has 1 N–H and O–H groups in total. The number of aromatic nitrogens is 1. The van der Waals surface area contributed by atoms with Crippen LogP contribution in [0.15, 0.2) is 12.3 Å². The molecule has 1 aromatic rings. The van der Waals surface area contributed by atoms with Crippen LogP contribution >= 0.6 is 0 Å². The van der Waals surface area contributed by atoms with Crippen LogP contribution in [0.4, 0.5) is 0 Å². The number of nitrogens with zero attached hydrogens (tertiary/aromatic N) is 1. The quantitative estimate of drug-likeness (QED) is 0.731. The van der Waals surface area contributed by atoms with E-state index in [2.05, 4.69) is 9.72 Å². The molecular formula is C9H11NO4. The molecule has 1 heterocycles. The van der Waals surface area contributed by atoms with E-state index in [1.165, 1.54) is 19.4 Å². The Morgan fingerprint density at radius 3 is 2.93 bits per heavy atom. The van der Waals surface area contributed by atoms with Gasteiger partial charge in [0.25, 0.3) is 0 Å². The Morgan fingerprint density at radius 1 is 1.64 bits per heavy atom. The molecule has 0 unspecified atom stereocenters. The molecule has 0 saturated carbocycles. The van der Waals surface area contributed by atoms with Gasteiger partial charge in [0.2, 0.25) is 0 Å². The molecule has 0 aliphatic rings. The molecule has 76 valence electrons. The number of pyridine rings is 1. The first-order chi connectivity index (χ1) is 6.66. The molecule has 0 aromatic carbocycles. The third kappa shape index (κ3) is 2.20. The van der Waals surface area contributed by atoms with Gasteiger partial charge in [-0.1, -0.05) is 0 Å². The fourth-order valence-corrected chi connectivity index (χ4v) is 1.05. The zero-order chi connectivity index (χ0) is 10.6. The van der Waals surface area contributed by atoms with E-state index in [-0.39, 0.29) is 18.1 Å².